The molecule has 144 valence electrons. The van der Waals surface area contributed by atoms with E-state index in [0.29, 0.717) is 42.3 Å². The van der Waals surface area contributed by atoms with Crippen LogP contribution in [0.25, 0.3) is 5.57 Å². The molecular weight excluding hydrogens is 363 g/mol. The predicted molar refractivity (Wildman–Crippen MR) is 101 cm³/mol. The Labute approximate surface area is 161 Å². The minimum absolute atomic E-state index is 0.0632. The number of phenols is 1. The number of aromatic hydroxyl groups is 1. The smallest absolute Gasteiger partial charge is 0.169 e. The molecule has 1 spiro atoms. The maximum atomic E-state index is 15.1. The number of rotatable bonds is 1. The van der Waals surface area contributed by atoms with E-state index >= 15 is 4.39 Å². The zero-order chi connectivity index (χ0) is 19.3. The lowest BCUT2D eigenvalue weighted by Gasteiger charge is -2.39. The summed E-state index contributed by atoms with van der Waals surface area (Å²) in [6, 6.07) is 8.03. The highest BCUT2D eigenvalue weighted by Crippen LogP contribution is 2.52. The van der Waals surface area contributed by atoms with E-state index in [0.717, 1.165) is 11.1 Å². The van der Waals surface area contributed by atoms with Crippen LogP contribution in [0.3, 0.4) is 0 Å². The third-order valence-corrected chi connectivity index (χ3v) is 5.34. The molecule has 0 saturated carbocycles. The van der Waals surface area contributed by atoms with E-state index in [9.17, 15) is 5.11 Å². The average molecular weight is 382 g/mol. The van der Waals surface area contributed by atoms with E-state index in [-0.39, 0.29) is 24.7 Å². The summed E-state index contributed by atoms with van der Waals surface area (Å²) in [5.41, 5.74) is 7.84. The van der Waals surface area contributed by atoms with Crippen LogP contribution in [0.5, 0.6) is 17.2 Å². The molecule has 3 aliphatic heterocycles. The van der Waals surface area contributed by atoms with Gasteiger partial charge in [-0.1, -0.05) is 6.08 Å². The lowest BCUT2D eigenvalue weighted by molar-refractivity contribution is 0.109. The van der Waals surface area contributed by atoms with Crippen molar-refractivity contribution in [1.82, 2.24) is 0 Å². The summed E-state index contributed by atoms with van der Waals surface area (Å²) < 4.78 is 32.1. The van der Waals surface area contributed by atoms with Gasteiger partial charge in [0.05, 0.1) is 19.8 Å². The number of fused-ring (bicyclic) bond motifs is 4. The molecule has 0 saturated heterocycles. The Bertz CT molecular complexity index is 1030. The van der Waals surface area contributed by atoms with Crippen LogP contribution in [0, 0.1) is 5.82 Å². The van der Waals surface area contributed by atoms with Gasteiger partial charge in [-0.3, -0.25) is 4.99 Å². The highest BCUT2D eigenvalue weighted by Gasteiger charge is 2.46. The first-order valence-electron chi connectivity index (χ1n) is 9.11. The predicted octanol–water partition coefficient (Wildman–Crippen LogP) is 3.07. The van der Waals surface area contributed by atoms with Gasteiger partial charge in [0.15, 0.2) is 11.6 Å². The third-order valence-electron chi connectivity index (χ3n) is 5.34. The van der Waals surface area contributed by atoms with Crippen molar-refractivity contribution in [3.05, 3.63) is 58.9 Å². The van der Waals surface area contributed by atoms with Gasteiger partial charge in [-0.2, -0.15) is 0 Å². The molecule has 5 rings (SSSR count). The molecule has 2 aromatic rings. The molecule has 0 aromatic heterocycles. The number of hydrogen-bond donors (Lipinski definition) is 2. The minimum Gasteiger partial charge on any atom is -0.508 e. The van der Waals surface area contributed by atoms with Crippen molar-refractivity contribution in [2.24, 2.45) is 10.7 Å². The van der Waals surface area contributed by atoms with E-state index in [4.69, 9.17) is 24.9 Å². The van der Waals surface area contributed by atoms with Crippen LogP contribution < -0.4 is 10.5 Å². The molecule has 28 heavy (non-hydrogen) atoms. The molecule has 0 unspecified atom stereocenters. The normalized spacial score (nSPS) is 23.3. The minimum atomic E-state index is -1.08. The first kappa shape index (κ1) is 17.2. The van der Waals surface area contributed by atoms with E-state index in [2.05, 4.69) is 0 Å². The van der Waals surface area contributed by atoms with Gasteiger partial charge >= 0.3 is 0 Å². The van der Waals surface area contributed by atoms with E-state index < -0.39 is 11.4 Å². The van der Waals surface area contributed by atoms with Crippen molar-refractivity contribution in [2.45, 2.75) is 12.0 Å². The quantitative estimate of drug-likeness (QED) is 0.792. The Hall–Kier alpha value is -2.90. The van der Waals surface area contributed by atoms with Crippen molar-refractivity contribution in [3.63, 3.8) is 0 Å². The summed E-state index contributed by atoms with van der Waals surface area (Å²) in [6.07, 6.45) is 2.65. The fraction of sp³-hybridized carbons (Fsp3) is 0.286. The summed E-state index contributed by atoms with van der Waals surface area (Å²) >= 11 is 0. The zero-order valence-corrected chi connectivity index (χ0v) is 15.1. The van der Waals surface area contributed by atoms with Crippen LogP contribution >= 0.6 is 0 Å². The van der Waals surface area contributed by atoms with Gasteiger partial charge in [0.2, 0.25) is 0 Å². The van der Waals surface area contributed by atoms with Crippen LogP contribution in [0.15, 0.2) is 41.4 Å². The Morgan fingerprint density at radius 1 is 1.14 bits per heavy atom. The van der Waals surface area contributed by atoms with Crippen molar-refractivity contribution >= 4 is 11.4 Å². The lowest BCUT2D eigenvalue weighted by atomic mass is 9.79. The molecular formula is C21H19FN2O4. The van der Waals surface area contributed by atoms with Gasteiger partial charge < -0.3 is 25.1 Å². The molecule has 0 fully saturated rings. The number of phenolic OH excluding ortho intramolecular Hbond substituents is 1. The van der Waals surface area contributed by atoms with Crippen LogP contribution in [0.1, 0.15) is 23.1 Å². The second kappa shape index (κ2) is 6.32. The summed E-state index contributed by atoms with van der Waals surface area (Å²) in [4.78, 5) is 4.69. The van der Waals surface area contributed by atoms with Crippen molar-refractivity contribution in [3.8, 4) is 17.2 Å². The largest absolute Gasteiger partial charge is 0.508 e. The topological polar surface area (TPSA) is 86.3 Å². The molecule has 3 N–H and O–H groups in total. The molecule has 7 heteroatoms. The lowest BCUT2D eigenvalue weighted by Crippen LogP contribution is -2.42. The maximum Gasteiger partial charge on any atom is 0.169 e. The molecule has 0 bridgehead atoms. The summed E-state index contributed by atoms with van der Waals surface area (Å²) in [6.45, 7) is 1.47. The van der Waals surface area contributed by atoms with Gasteiger partial charge in [0, 0.05) is 11.1 Å². The molecule has 0 radical (unpaired) electrons. The molecule has 2 aromatic carbocycles. The molecule has 0 amide bonds. The van der Waals surface area contributed by atoms with Crippen LogP contribution in [0.4, 0.5) is 4.39 Å². The molecule has 3 heterocycles. The Morgan fingerprint density at radius 3 is 2.82 bits per heavy atom. The first-order valence-corrected chi connectivity index (χ1v) is 9.11. The maximum absolute atomic E-state index is 15.1. The SMILES string of the molecule is NC1=N[C@@]2(COC1)c1cc(O)ccc1Oc1c(F)cc(C3=CCOCC3)cc12. The second-order valence-electron chi connectivity index (χ2n) is 7.13. The molecule has 1 atom stereocenters. The van der Waals surface area contributed by atoms with Crippen LogP contribution in [-0.2, 0) is 15.0 Å². The van der Waals surface area contributed by atoms with Gasteiger partial charge in [-0.05, 0) is 47.9 Å². The number of aliphatic imine (C=N–C) groups is 1. The summed E-state index contributed by atoms with van der Waals surface area (Å²) in [7, 11) is 0. The molecule has 3 aliphatic rings. The standard InChI is InChI=1S/C21H19FN2O4/c22-17-8-13(12-3-5-26-6-4-12)7-16-20(17)28-18-2-1-14(25)9-15(18)21(16)11-27-10-19(23)24-21/h1-3,7-9,25H,4-6,10-11H2,(H2,23,24)/t21-/m0/s1. The summed E-state index contributed by atoms with van der Waals surface area (Å²) in [5.74, 6) is 0.427. The second-order valence-corrected chi connectivity index (χ2v) is 7.13. The highest BCUT2D eigenvalue weighted by molar-refractivity contribution is 5.84. The van der Waals surface area contributed by atoms with Gasteiger partial charge in [-0.15, -0.1) is 0 Å². The van der Waals surface area contributed by atoms with Crippen LogP contribution in [-0.4, -0.2) is 37.4 Å². The first-order chi connectivity index (χ1) is 13.6. The fourth-order valence-electron chi connectivity index (χ4n) is 4.05. The number of benzene rings is 2. The Kier molecular flexibility index (Phi) is 3.89. The molecule has 0 aliphatic carbocycles. The Balaban J connectivity index is 1.77. The number of halogens is 1. The van der Waals surface area contributed by atoms with Crippen molar-refractivity contribution < 1.29 is 23.7 Å². The number of hydrogen-bond acceptors (Lipinski definition) is 6. The van der Waals surface area contributed by atoms with Crippen molar-refractivity contribution in [1.29, 1.82) is 0 Å². The molecule has 6 nitrogen and oxygen atoms in total. The van der Waals surface area contributed by atoms with Gasteiger partial charge in [0.1, 0.15) is 29.5 Å². The fourth-order valence-corrected chi connectivity index (χ4v) is 4.05. The summed E-state index contributed by atoms with van der Waals surface area (Å²) in [5, 5.41) is 10.1. The van der Waals surface area contributed by atoms with E-state index in [1.165, 1.54) is 12.1 Å². The van der Waals surface area contributed by atoms with Crippen molar-refractivity contribution in [2.75, 3.05) is 26.4 Å². The Morgan fingerprint density at radius 2 is 2.04 bits per heavy atom. The number of nitrogens with two attached hydrogens (primary N) is 1. The van der Waals surface area contributed by atoms with Crippen LogP contribution in [0.2, 0.25) is 0 Å². The number of amidine groups is 1. The highest BCUT2D eigenvalue weighted by atomic mass is 19.1. The number of ether oxygens (including phenoxy) is 3. The van der Waals surface area contributed by atoms with E-state index in [1.54, 1.807) is 12.1 Å². The monoisotopic (exact) mass is 382 g/mol. The van der Waals surface area contributed by atoms with Gasteiger partial charge in [0.25, 0.3) is 0 Å². The third kappa shape index (κ3) is 2.58. The van der Waals surface area contributed by atoms with Gasteiger partial charge in [-0.25, -0.2) is 4.39 Å². The zero-order valence-electron chi connectivity index (χ0n) is 15.1. The average Bonchev–Trinajstić information content (AvgIpc) is 2.70. The number of nitrogens with zero attached hydrogens (tertiary/aromatic N) is 1. The van der Waals surface area contributed by atoms with E-state index in [1.807, 2.05) is 12.1 Å².